The number of hydrogen-bond donors (Lipinski definition) is 0. The molecule has 1 radical (unpaired) electrons. The summed E-state index contributed by atoms with van der Waals surface area (Å²) in [4.78, 5) is 17.0. The minimum absolute atomic E-state index is 0.639. The molecule has 0 aromatic carbocycles. The van der Waals surface area contributed by atoms with Gasteiger partial charge in [0.05, 0.1) is 37.5 Å². The van der Waals surface area contributed by atoms with E-state index in [1.165, 1.54) is 0 Å². The van der Waals surface area contributed by atoms with Gasteiger partial charge in [-0.3, -0.25) is 0 Å². The van der Waals surface area contributed by atoms with Crippen LogP contribution in [-0.2, 0) is 26.4 Å². The molecule has 0 rings (SSSR count). The summed E-state index contributed by atoms with van der Waals surface area (Å²) in [5.41, 5.74) is 0. The monoisotopic (exact) mass is 233 g/mol. The van der Waals surface area contributed by atoms with E-state index in [4.69, 9.17) is 14.4 Å². The Morgan fingerprint density at radius 3 is 0.833 bits per heavy atom. The molecule has 0 aliphatic rings. The predicted octanol–water partition coefficient (Wildman–Crippen LogP) is -0.647. The molecule has 0 unspecified atom stereocenters. The fourth-order valence-electron chi connectivity index (χ4n) is 0. The largest absolute Gasteiger partial charge is 0.792 e. The molecule has 6 heteroatoms. The van der Waals surface area contributed by atoms with Gasteiger partial charge < -0.3 is 14.4 Å². The summed E-state index contributed by atoms with van der Waals surface area (Å²) in [6, 6.07) is 0. The Kier molecular flexibility index (Phi) is 22.0. The topological polar surface area (TPSA) is 63.2 Å². The van der Waals surface area contributed by atoms with Crippen molar-refractivity contribution in [3.05, 3.63) is 0 Å². The quantitative estimate of drug-likeness (QED) is 0.413. The molecule has 0 bridgehead atoms. The van der Waals surface area contributed by atoms with Crippen LogP contribution in [0.25, 0.3) is 0 Å². The van der Waals surface area contributed by atoms with Gasteiger partial charge in [0.1, 0.15) is 0 Å². The van der Waals surface area contributed by atoms with E-state index in [9.17, 15) is 0 Å². The molecule has 0 fully saturated rings. The van der Waals surface area contributed by atoms with Gasteiger partial charge in [-0.15, -0.1) is 0 Å². The molecule has 0 N–H and O–H groups in total. The lowest BCUT2D eigenvalue weighted by molar-refractivity contribution is -0.297. The van der Waals surface area contributed by atoms with Crippen LogP contribution in [-0.4, -0.2) is 37.5 Å². The van der Waals surface area contributed by atoms with Gasteiger partial charge in [-0.1, -0.05) is 8.25 Å². The Morgan fingerprint density at radius 2 is 0.833 bits per heavy atom. The Labute approximate surface area is 82.2 Å². The van der Waals surface area contributed by atoms with Gasteiger partial charge in [0.15, 0.2) is 0 Å². The van der Waals surface area contributed by atoms with E-state index in [0.29, 0.717) is 21.8 Å². The zero-order chi connectivity index (χ0) is 10.7. The maximum absolute atomic E-state index is 8.48. The highest BCUT2D eigenvalue weighted by Gasteiger charge is 1.78. The van der Waals surface area contributed by atoms with E-state index in [2.05, 4.69) is 37.5 Å². The standard InChI is InChI=1S/2C3H9S.O3P/c3*1-4(2)3/h2*1-3H3;/q2*+1;-2. The predicted molar refractivity (Wildman–Crippen MR) is 57.9 cm³/mol. The molecule has 0 aliphatic heterocycles. The van der Waals surface area contributed by atoms with E-state index < -0.39 is 8.25 Å². The first kappa shape index (κ1) is 18.5. The summed E-state index contributed by atoms with van der Waals surface area (Å²) in [5.74, 6) is 0. The molecule has 12 heavy (non-hydrogen) atoms. The van der Waals surface area contributed by atoms with Gasteiger partial charge in [0, 0.05) is 0 Å². The molecule has 0 saturated carbocycles. The van der Waals surface area contributed by atoms with Crippen LogP contribution >= 0.6 is 8.25 Å². The molecule has 0 aromatic rings. The van der Waals surface area contributed by atoms with E-state index in [0.717, 1.165) is 0 Å². The lowest BCUT2D eigenvalue weighted by atomic mass is 11.9. The van der Waals surface area contributed by atoms with Crippen LogP contribution < -0.4 is 9.79 Å². The van der Waals surface area contributed by atoms with Crippen molar-refractivity contribution in [2.75, 3.05) is 37.5 Å². The Hall–Kier alpha value is 0.720. The van der Waals surface area contributed by atoms with Crippen LogP contribution in [0.4, 0.5) is 0 Å². The van der Waals surface area contributed by atoms with Gasteiger partial charge in [0.2, 0.25) is 0 Å². The first-order chi connectivity index (χ1) is 5.20. The first-order valence-corrected chi connectivity index (χ1v) is 8.99. The molecule has 77 valence electrons. The third-order valence-electron chi connectivity index (χ3n) is 0. The molecule has 0 heterocycles. The van der Waals surface area contributed by atoms with Gasteiger partial charge in [0.25, 0.3) is 0 Å². The highest BCUT2D eigenvalue weighted by atomic mass is 32.2. The van der Waals surface area contributed by atoms with Crippen LogP contribution in [0.1, 0.15) is 0 Å². The zero-order valence-electron chi connectivity index (χ0n) is 8.49. The molecule has 0 aliphatic carbocycles. The van der Waals surface area contributed by atoms with Crippen LogP contribution in [0.3, 0.4) is 0 Å². The fourth-order valence-corrected chi connectivity index (χ4v) is 0. The second kappa shape index (κ2) is 14.3. The minimum Gasteiger partial charge on any atom is -0.792 e. The molecule has 3 nitrogen and oxygen atoms in total. The molecule has 0 atom stereocenters. The van der Waals surface area contributed by atoms with E-state index >= 15 is 0 Å². The van der Waals surface area contributed by atoms with Crippen molar-refractivity contribution in [1.29, 1.82) is 0 Å². The average molecular weight is 233 g/mol. The van der Waals surface area contributed by atoms with Crippen molar-refractivity contribution in [3.8, 4) is 0 Å². The minimum atomic E-state index is -3.37. The van der Waals surface area contributed by atoms with Crippen LogP contribution in [0, 0.1) is 0 Å². The molecule has 0 amide bonds. The third kappa shape index (κ3) is 1950. The maximum atomic E-state index is 8.48. The lowest BCUT2D eigenvalue weighted by Crippen LogP contribution is -1.97. The van der Waals surface area contributed by atoms with Crippen molar-refractivity contribution in [3.63, 3.8) is 0 Å². The fraction of sp³-hybridized carbons (Fsp3) is 1.00. The highest BCUT2D eigenvalue weighted by molar-refractivity contribution is 7.95. The van der Waals surface area contributed by atoms with Crippen LogP contribution in [0.15, 0.2) is 0 Å². The van der Waals surface area contributed by atoms with Crippen LogP contribution in [0.2, 0.25) is 0 Å². The van der Waals surface area contributed by atoms with E-state index in [-0.39, 0.29) is 0 Å². The van der Waals surface area contributed by atoms with Crippen molar-refractivity contribution in [1.82, 2.24) is 0 Å². The molecular weight excluding hydrogens is 215 g/mol. The molecule has 0 aromatic heterocycles. The van der Waals surface area contributed by atoms with E-state index in [1.807, 2.05) is 0 Å². The first-order valence-electron chi connectivity index (χ1n) is 3.00. The lowest BCUT2D eigenvalue weighted by Gasteiger charge is -2.02. The summed E-state index contributed by atoms with van der Waals surface area (Å²) in [6.07, 6.45) is 13.2. The SMILES string of the molecule is C[S+](C)C.C[S+](C)C.O=[P]([O-])[O-]. The molecule has 0 saturated heterocycles. The summed E-state index contributed by atoms with van der Waals surface area (Å²) in [6.45, 7) is 0. The molecule has 0 spiro atoms. The summed E-state index contributed by atoms with van der Waals surface area (Å²) < 4.78 is 8.48. The van der Waals surface area contributed by atoms with Crippen LogP contribution in [0.5, 0.6) is 0 Å². The average Bonchev–Trinajstić information content (AvgIpc) is 1.54. The summed E-state index contributed by atoms with van der Waals surface area (Å²) in [7, 11) is -2.09. The van der Waals surface area contributed by atoms with Gasteiger partial charge in [-0.25, -0.2) is 0 Å². The molecular formula is C6H18O3PS2. The second-order valence-corrected chi connectivity index (χ2v) is 8.02. The van der Waals surface area contributed by atoms with Crippen molar-refractivity contribution in [2.24, 2.45) is 0 Å². The van der Waals surface area contributed by atoms with Crippen molar-refractivity contribution in [2.45, 2.75) is 0 Å². The van der Waals surface area contributed by atoms with Gasteiger partial charge in [-0.05, 0) is 21.8 Å². The van der Waals surface area contributed by atoms with Gasteiger partial charge >= 0.3 is 0 Å². The Balaban J connectivity index is -0.000000101. The Bertz CT molecular complexity index is 83.3. The van der Waals surface area contributed by atoms with Crippen molar-refractivity contribution >= 4 is 30.0 Å². The maximum Gasteiger partial charge on any atom is 0.0969 e. The van der Waals surface area contributed by atoms with E-state index in [1.54, 1.807) is 0 Å². The third-order valence-corrected chi connectivity index (χ3v) is 0. The number of hydrogen-bond acceptors (Lipinski definition) is 3. The zero-order valence-corrected chi connectivity index (χ0v) is 11.0. The highest BCUT2D eigenvalue weighted by Crippen LogP contribution is 1.79. The van der Waals surface area contributed by atoms with Gasteiger partial charge in [-0.2, -0.15) is 0 Å². The summed E-state index contributed by atoms with van der Waals surface area (Å²) >= 11 is 0. The second-order valence-electron chi connectivity index (χ2n) is 2.67. The smallest absolute Gasteiger partial charge is 0.0969 e. The Morgan fingerprint density at radius 1 is 0.833 bits per heavy atom. The number of rotatable bonds is 0. The summed E-state index contributed by atoms with van der Waals surface area (Å²) in [5, 5.41) is 0. The normalized spacial score (nSPS) is 8.17. The van der Waals surface area contributed by atoms with Crippen molar-refractivity contribution < 1.29 is 14.4 Å².